The number of aliphatic hydroxyl groups is 1. The van der Waals surface area contributed by atoms with Crippen molar-refractivity contribution >= 4 is 22.7 Å². The van der Waals surface area contributed by atoms with E-state index in [1.807, 2.05) is 0 Å². The van der Waals surface area contributed by atoms with E-state index in [-0.39, 0.29) is 12.1 Å². The third-order valence-corrected chi connectivity index (χ3v) is 5.00. The van der Waals surface area contributed by atoms with Gasteiger partial charge in [0.2, 0.25) is 11.5 Å². The number of nitrogens with zero attached hydrogens (tertiary/aromatic N) is 4. The highest BCUT2D eigenvalue weighted by Crippen LogP contribution is 2.25. The Labute approximate surface area is 172 Å². The average molecular weight is 405 g/mol. The zero-order valence-corrected chi connectivity index (χ0v) is 16.4. The monoisotopic (exact) mass is 405 g/mol. The maximum absolute atomic E-state index is 12.1. The molecule has 4 rings (SSSR count). The molecule has 1 saturated heterocycles. The van der Waals surface area contributed by atoms with Gasteiger partial charge in [-0.05, 0) is 18.2 Å². The molecule has 9 heteroatoms. The molecule has 3 aromatic rings. The number of ether oxygens (including phenoxy) is 1. The van der Waals surface area contributed by atoms with Crippen LogP contribution in [0.5, 0.6) is 5.88 Å². The Kier molecular flexibility index (Phi) is 4.64. The van der Waals surface area contributed by atoms with Gasteiger partial charge in [-0.1, -0.05) is 17.9 Å². The standard InChI is InChI=1S/C21H19N5O4/c1-25-9-8-21(29,20(25)28)7-6-13-4-3-5-14(10-13)26-16-11-17(30-2)23-12-15(16)18(24-26)19(22)27/h3-5,10-12,29H,8-9H2,1-2H3,(H2,22,27). The highest BCUT2D eigenvalue weighted by molar-refractivity contribution is 6.04. The summed E-state index contributed by atoms with van der Waals surface area (Å²) in [5.74, 6) is 4.85. The molecule has 1 aliphatic heterocycles. The smallest absolute Gasteiger partial charge is 0.269 e. The first-order valence-corrected chi connectivity index (χ1v) is 9.16. The van der Waals surface area contributed by atoms with Gasteiger partial charge in [-0.2, -0.15) is 5.10 Å². The van der Waals surface area contributed by atoms with E-state index in [0.717, 1.165) is 0 Å². The molecule has 3 heterocycles. The zero-order chi connectivity index (χ0) is 21.5. The highest BCUT2D eigenvalue weighted by atomic mass is 16.5. The van der Waals surface area contributed by atoms with Crippen LogP contribution in [-0.2, 0) is 4.79 Å². The number of carbonyl (C=O) groups excluding carboxylic acids is 2. The third kappa shape index (κ3) is 3.23. The quantitative estimate of drug-likeness (QED) is 0.611. The van der Waals surface area contributed by atoms with Crippen LogP contribution in [0.15, 0.2) is 36.5 Å². The van der Waals surface area contributed by atoms with E-state index in [1.54, 1.807) is 42.1 Å². The van der Waals surface area contributed by atoms with Crippen LogP contribution in [0.2, 0.25) is 0 Å². The van der Waals surface area contributed by atoms with Crippen molar-refractivity contribution in [2.75, 3.05) is 20.7 Å². The fourth-order valence-electron chi connectivity index (χ4n) is 3.34. The van der Waals surface area contributed by atoms with Crippen molar-refractivity contribution < 1.29 is 19.4 Å². The van der Waals surface area contributed by atoms with Crippen molar-refractivity contribution in [3.05, 3.63) is 47.8 Å². The Bertz CT molecular complexity index is 1240. The van der Waals surface area contributed by atoms with Crippen LogP contribution in [0.25, 0.3) is 16.6 Å². The molecule has 0 radical (unpaired) electrons. The van der Waals surface area contributed by atoms with E-state index >= 15 is 0 Å². The number of amides is 2. The van der Waals surface area contributed by atoms with Crippen LogP contribution < -0.4 is 10.5 Å². The maximum Gasteiger partial charge on any atom is 0.269 e. The molecule has 1 unspecified atom stereocenters. The van der Waals surface area contributed by atoms with Crippen molar-refractivity contribution in [1.82, 2.24) is 19.7 Å². The van der Waals surface area contributed by atoms with E-state index in [1.165, 1.54) is 18.2 Å². The molecule has 0 saturated carbocycles. The van der Waals surface area contributed by atoms with Crippen LogP contribution in [0.3, 0.4) is 0 Å². The fraction of sp³-hybridized carbons (Fsp3) is 0.238. The Morgan fingerprint density at radius 1 is 1.37 bits per heavy atom. The fourth-order valence-corrected chi connectivity index (χ4v) is 3.34. The number of nitrogens with two attached hydrogens (primary N) is 1. The normalized spacial score (nSPS) is 18.4. The molecule has 1 fully saturated rings. The van der Waals surface area contributed by atoms with Crippen LogP contribution >= 0.6 is 0 Å². The lowest BCUT2D eigenvalue weighted by Crippen LogP contribution is -2.37. The highest BCUT2D eigenvalue weighted by Gasteiger charge is 2.42. The molecule has 1 aliphatic rings. The van der Waals surface area contributed by atoms with Gasteiger partial charge in [-0.15, -0.1) is 0 Å². The molecule has 2 amide bonds. The number of likely N-dealkylation sites (tertiary alicyclic amines) is 1. The van der Waals surface area contributed by atoms with Gasteiger partial charge in [0.05, 0.1) is 23.7 Å². The van der Waals surface area contributed by atoms with Gasteiger partial charge in [0.1, 0.15) is 0 Å². The summed E-state index contributed by atoms with van der Waals surface area (Å²) >= 11 is 0. The Balaban J connectivity index is 1.78. The molecule has 9 nitrogen and oxygen atoms in total. The van der Waals surface area contributed by atoms with E-state index in [9.17, 15) is 14.7 Å². The molecule has 1 atom stereocenters. The number of benzene rings is 1. The minimum atomic E-state index is -1.68. The minimum Gasteiger partial charge on any atom is -0.481 e. The van der Waals surface area contributed by atoms with Gasteiger partial charge < -0.3 is 20.5 Å². The van der Waals surface area contributed by atoms with Gasteiger partial charge in [-0.25, -0.2) is 9.67 Å². The predicted octanol–water partition coefficient (Wildman–Crippen LogP) is 0.473. The average Bonchev–Trinajstić information content (AvgIpc) is 3.26. The number of rotatable bonds is 3. The van der Waals surface area contributed by atoms with Crippen molar-refractivity contribution in [3.8, 4) is 23.4 Å². The number of hydrogen-bond donors (Lipinski definition) is 2. The van der Waals surface area contributed by atoms with Crippen LogP contribution in [0.1, 0.15) is 22.5 Å². The van der Waals surface area contributed by atoms with Gasteiger partial charge in [0.25, 0.3) is 11.8 Å². The molecule has 0 bridgehead atoms. The van der Waals surface area contributed by atoms with Gasteiger partial charge in [-0.3, -0.25) is 9.59 Å². The molecule has 3 N–H and O–H groups in total. The van der Waals surface area contributed by atoms with Crippen molar-refractivity contribution in [2.24, 2.45) is 5.73 Å². The number of pyridine rings is 1. The Morgan fingerprint density at radius 3 is 2.83 bits per heavy atom. The van der Waals surface area contributed by atoms with Crippen molar-refractivity contribution in [1.29, 1.82) is 0 Å². The minimum absolute atomic E-state index is 0.0885. The summed E-state index contributed by atoms with van der Waals surface area (Å²) in [6, 6.07) is 8.71. The summed E-state index contributed by atoms with van der Waals surface area (Å²) in [6.45, 7) is 0.453. The number of primary amides is 1. The summed E-state index contributed by atoms with van der Waals surface area (Å²) in [5.41, 5.74) is 5.66. The van der Waals surface area contributed by atoms with Crippen molar-refractivity contribution in [3.63, 3.8) is 0 Å². The van der Waals surface area contributed by atoms with E-state index in [0.29, 0.717) is 34.6 Å². The number of methoxy groups -OCH3 is 1. The van der Waals surface area contributed by atoms with Crippen LogP contribution in [0, 0.1) is 11.8 Å². The molecule has 2 aromatic heterocycles. The Hall–Kier alpha value is -3.90. The predicted molar refractivity (Wildman–Crippen MR) is 108 cm³/mol. The van der Waals surface area contributed by atoms with Crippen LogP contribution in [0.4, 0.5) is 0 Å². The van der Waals surface area contributed by atoms with E-state index < -0.39 is 17.4 Å². The second-order valence-corrected chi connectivity index (χ2v) is 7.01. The van der Waals surface area contributed by atoms with Gasteiger partial charge in [0.15, 0.2) is 5.69 Å². The number of likely N-dealkylation sites (N-methyl/N-ethyl adjacent to an activating group) is 1. The largest absolute Gasteiger partial charge is 0.481 e. The first-order chi connectivity index (χ1) is 14.3. The first kappa shape index (κ1) is 19.4. The second-order valence-electron chi connectivity index (χ2n) is 7.01. The van der Waals surface area contributed by atoms with E-state index in [4.69, 9.17) is 10.5 Å². The van der Waals surface area contributed by atoms with Crippen molar-refractivity contribution in [2.45, 2.75) is 12.0 Å². The topological polar surface area (TPSA) is 124 Å². The number of aromatic nitrogens is 3. The number of hydrogen-bond acceptors (Lipinski definition) is 6. The molecule has 152 valence electrons. The van der Waals surface area contributed by atoms with E-state index in [2.05, 4.69) is 21.9 Å². The first-order valence-electron chi connectivity index (χ1n) is 9.16. The number of carbonyl (C=O) groups is 2. The second kappa shape index (κ2) is 7.17. The summed E-state index contributed by atoms with van der Waals surface area (Å²) in [7, 11) is 3.12. The lowest BCUT2D eigenvalue weighted by molar-refractivity contribution is -0.137. The van der Waals surface area contributed by atoms with Crippen LogP contribution in [-0.4, -0.2) is 62.9 Å². The Morgan fingerprint density at radius 2 is 2.17 bits per heavy atom. The lowest BCUT2D eigenvalue weighted by atomic mass is 10.0. The summed E-state index contributed by atoms with van der Waals surface area (Å²) in [4.78, 5) is 29.5. The van der Waals surface area contributed by atoms with Gasteiger partial charge >= 0.3 is 0 Å². The maximum atomic E-state index is 12.1. The molecule has 0 spiro atoms. The van der Waals surface area contributed by atoms with Gasteiger partial charge in [0, 0.05) is 37.8 Å². The molecule has 30 heavy (non-hydrogen) atoms. The molecule has 0 aliphatic carbocycles. The number of fused-ring (bicyclic) bond motifs is 1. The third-order valence-electron chi connectivity index (χ3n) is 5.00. The summed E-state index contributed by atoms with van der Waals surface area (Å²) < 4.78 is 6.73. The zero-order valence-electron chi connectivity index (χ0n) is 16.4. The SMILES string of the molecule is COc1cc2c(cn1)c(C(N)=O)nn2-c1cccc(C#CC2(O)CCN(C)C2=O)c1. The summed E-state index contributed by atoms with van der Waals surface area (Å²) in [5, 5.41) is 15.3. The lowest BCUT2D eigenvalue weighted by Gasteiger charge is -2.13. The summed E-state index contributed by atoms with van der Waals surface area (Å²) in [6.07, 6.45) is 1.74. The molecular formula is C21H19N5O4. The molecular weight excluding hydrogens is 386 g/mol. The molecule has 1 aromatic carbocycles.